The van der Waals surface area contributed by atoms with E-state index in [1.165, 1.54) is 72.7 Å². The third-order valence-electron chi connectivity index (χ3n) is 7.53. The number of allylic oxidation sites excluding steroid dienone is 2. The Morgan fingerprint density at radius 1 is 0.417 bits per heavy atom. The van der Waals surface area contributed by atoms with Gasteiger partial charge >= 0.3 is 0 Å². The minimum atomic E-state index is 1.08. The van der Waals surface area contributed by atoms with Crippen molar-refractivity contribution in [3.05, 3.63) is 167 Å². The Hall–Kier alpha value is -4.42. The van der Waals surface area contributed by atoms with Gasteiger partial charge in [-0.2, -0.15) is 0 Å². The SMILES string of the molecule is C=C(C)c1ccc(C2=C3c4ccccc4-c4ccccc4[C]2c2ccccc2-c2ccccc23)cc1. The summed E-state index contributed by atoms with van der Waals surface area (Å²) in [6.45, 7) is 6.22. The molecule has 2 bridgehead atoms. The summed E-state index contributed by atoms with van der Waals surface area (Å²) in [7, 11) is 0. The molecule has 0 heterocycles. The molecule has 7 rings (SSSR count). The molecule has 0 unspecified atom stereocenters. The molecule has 0 saturated heterocycles. The molecule has 5 aromatic carbocycles. The summed E-state index contributed by atoms with van der Waals surface area (Å²) in [5, 5.41) is 0. The van der Waals surface area contributed by atoms with E-state index in [0.29, 0.717) is 0 Å². The van der Waals surface area contributed by atoms with Gasteiger partial charge in [-0.25, -0.2) is 0 Å². The summed E-state index contributed by atoms with van der Waals surface area (Å²) < 4.78 is 0. The van der Waals surface area contributed by atoms with Crippen molar-refractivity contribution in [2.75, 3.05) is 0 Å². The van der Waals surface area contributed by atoms with E-state index in [-0.39, 0.29) is 0 Å². The van der Waals surface area contributed by atoms with E-state index < -0.39 is 0 Å². The Kier molecular flexibility index (Phi) is 4.69. The van der Waals surface area contributed by atoms with E-state index >= 15 is 0 Å². The zero-order chi connectivity index (χ0) is 24.2. The molecule has 169 valence electrons. The van der Waals surface area contributed by atoms with Crippen LogP contribution in [0.5, 0.6) is 0 Å². The Balaban J connectivity index is 1.70. The van der Waals surface area contributed by atoms with Crippen molar-refractivity contribution >= 4 is 16.7 Å². The smallest absolute Gasteiger partial charge is 0.0654 e. The zero-order valence-electron chi connectivity index (χ0n) is 20.3. The Morgan fingerprint density at radius 2 is 0.778 bits per heavy atom. The van der Waals surface area contributed by atoms with E-state index in [1.54, 1.807) is 0 Å². The lowest BCUT2D eigenvalue weighted by Crippen LogP contribution is -2.07. The molecule has 2 aliphatic rings. The fourth-order valence-electron chi connectivity index (χ4n) is 5.91. The first-order chi connectivity index (χ1) is 17.7. The average molecular weight is 458 g/mol. The molecule has 5 aromatic rings. The van der Waals surface area contributed by atoms with Gasteiger partial charge in [-0.15, -0.1) is 0 Å². The molecule has 0 saturated carbocycles. The Labute approximate surface area is 212 Å². The Morgan fingerprint density at radius 3 is 1.19 bits per heavy atom. The largest absolute Gasteiger partial charge is 0.0955 e. The highest BCUT2D eigenvalue weighted by atomic mass is 14.4. The molecule has 1 radical (unpaired) electrons. The highest BCUT2D eigenvalue weighted by molar-refractivity contribution is 6.15. The van der Waals surface area contributed by atoms with Crippen molar-refractivity contribution in [1.29, 1.82) is 0 Å². The maximum atomic E-state index is 4.16. The quantitative estimate of drug-likeness (QED) is 0.248. The van der Waals surface area contributed by atoms with Gasteiger partial charge in [-0.05, 0) is 73.7 Å². The maximum Gasteiger partial charge on any atom is 0.0654 e. The first-order valence-corrected chi connectivity index (χ1v) is 12.5. The lowest BCUT2D eigenvalue weighted by atomic mass is 9.78. The highest BCUT2D eigenvalue weighted by Gasteiger charge is 2.36. The fourth-order valence-corrected chi connectivity index (χ4v) is 5.91. The van der Waals surface area contributed by atoms with Gasteiger partial charge in [-0.1, -0.05) is 133 Å². The van der Waals surface area contributed by atoms with Gasteiger partial charge < -0.3 is 0 Å². The number of fused-ring (bicyclic) bond motifs is 11. The lowest BCUT2D eigenvalue weighted by Gasteiger charge is -2.24. The maximum absolute atomic E-state index is 4.16. The van der Waals surface area contributed by atoms with Crippen molar-refractivity contribution in [2.45, 2.75) is 6.92 Å². The molecule has 0 spiro atoms. The summed E-state index contributed by atoms with van der Waals surface area (Å²) >= 11 is 0. The molecular formula is C36H25. The predicted octanol–water partition coefficient (Wildman–Crippen LogP) is 9.31. The molecule has 0 atom stereocenters. The molecule has 0 fully saturated rings. The second-order valence-electron chi connectivity index (χ2n) is 9.67. The summed E-state index contributed by atoms with van der Waals surface area (Å²) in [5.74, 6) is 1.30. The molecule has 0 heteroatoms. The standard InChI is InChI=1S/C36H25/c1-23(2)24-19-21-25(22-20-24)34-35-30-15-7-3-11-26(30)27-12-4-8-16-31(27)36(34)33-18-10-6-14-29(33)28-13-5-9-17-32(28)35/h3-22H,1H2,2H3. The van der Waals surface area contributed by atoms with Crippen LogP contribution < -0.4 is 0 Å². The number of hydrogen-bond acceptors (Lipinski definition) is 0. The van der Waals surface area contributed by atoms with Crippen LogP contribution in [0, 0.1) is 5.92 Å². The van der Waals surface area contributed by atoms with Crippen molar-refractivity contribution in [3.63, 3.8) is 0 Å². The number of benzene rings is 5. The summed E-state index contributed by atoms with van der Waals surface area (Å²) in [5.41, 5.74) is 16.3. The van der Waals surface area contributed by atoms with Gasteiger partial charge in [0.25, 0.3) is 0 Å². The first-order valence-electron chi connectivity index (χ1n) is 12.5. The van der Waals surface area contributed by atoms with E-state index in [4.69, 9.17) is 0 Å². The van der Waals surface area contributed by atoms with Crippen LogP contribution >= 0.6 is 0 Å². The summed E-state index contributed by atoms with van der Waals surface area (Å²) in [6.07, 6.45) is 0. The van der Waals surface area contributed by atoms with Crippen LogP contribution in [0.2, 0.25) is 0 Å². The zero-order valence-corrected chi connectivity index (χ0v) is 20.3. The summed E-state index contributed by atoms with van der Waals surface area (Å²) in [6, 6.07) is 44.5. The molecule has 0 amide bonds. The molecule has 0 aromatic heterocycles. The van der Waals surface area contributed by atoms with E-state index in [2.05, 4.69) is 135 Å². The molecular weight excluding hydrogens is 432 g/mol. The van der Waals surface area contributed by atoms with E-state index in [9.17, 15) is 0 Å². The van der Waals surface area contributed by atoms with Gasteiger partial charge in [-0.3, -0.25) is 0 Å². The van der Waals surface area contributed by atoms with Crippen LogP contribution in [0.1, 0.15) is 40.3 Å². The second kappa shape index (κ2) is 8.07. The van der Waals surface area contributed by atoms with Crippen LogP contribution in [0.3, 0.4) is 0 Å². The molecule has 36 heavy (non-hydrogen) atoms. The first kappa shape index (κ1) is 20.9. The highest BCUT2D eigenvalue weighted by Crippen LogP contribution is 2.55. The molecule has 2 aliphatic carbocycles. The topological polar surface area (TPSA) is 0 Å². The van der Waals surface area contributed by atoms with Crippen LogP contribution in [0.25, 0.3) is 39.0 Å². The third kappa shape index (κ3) is 3.01. The number of hydrogen-bond donors (Lipinski definition) is 0. The summed E-state index contributed by atoms with van der Waals surface area (Å²) in [4.78, 5) is 0. The van der Waals surface area contributed by atoms with Crippen LogP contribution in [-0.4, -0.2) is 0 Å². The van der Waals surface area contributed by atoms with Crippen molar-refractivity contribution < 1.29 is 0 Å². The second-order valence-corrected chi connectivity index (χ2v) is 9.67. The molecule has 0 nitrogen and oxygen atoms in total. The molecule has 0 N–H and O–H groups in total. The third-order valence-corrected chi connectivity index (χ3v) is 7.53. The number of rotatable bonds is 2. The van der Waals surface area contributed by atoms with E-state index in [1.807, 2.05) is 0 Å². The fraction of sp³-hybridized carbons (Fsp3) is 0.0278. The van der Waals surface area contributed by atoms with Gasteiger partial charge in [0.1, 0.15) is 0 Å². The Bertz CT molecular complexity index is 1600. The van der Waals surface area contributed by atoms with Gasteiger partial charge in [0.05, 0.1) is 5.92 Å². The van der Waals surface area contributed by atoms with Crippen LogP contribution in [0.4, 0.5) is 0 Å². The van der Waals surface area contributed by atoms with Crippen LogP contribution in [-0.2, 0) is 0 Å². The minimum absolute atomic E-state index is 1.08. The van der Waals surface area contributed by atoms with E-state index in [0.717, 1.165) is 5.57 Å². The van der Waals surface area contributed by atoms with Gasteiger partial charge in [0.15, 0.2) is 0 Å². The van der Waals surface area contributed by atoms with Crippen molar-refractivity contribution in [3.8, 4) is 22.3 Å². The lowest BCUT2D eigenvalue weighted by molar-refractivity contribution is 1.31. The van der Waals surface area contributed by atoms with Gasteiger partial charge in [0.2, 0.25) is 0 Å². The molecule has 0 aliphatic heterocycles. The average Bonchev–Trinajstić information content (AvgIpc) is 3.14. The predicted molar refractivity (Wildman–Crippen MR) is 152 cm³/mol. The van der Waals surface area contributed by atoms with Crippen molar-refractivity contribution in [2.24, 2.45) is 0 Å². The normalized spacial score (nSPS) is 13.6. The van der Waals surface area contributed by atoms with Crippen LogP contribution in [0.15, 0.2) is 128 Å². The minimum Gasteiger partial charge on any atom is -0.0955 e. The van der Waals surface area contributed by atoms with Crippen molar-refractivity contribution in [1.82, 2.24) is 0 Å². The van der Waals surface area contributed by atoms with Gasteiger partial charge in [0, 0.05) is 0 Å². The monoisotopic (exact) mass is 457 g/mol.